The zero-order valence-electron chi connectivity index (χ0n) is 13.0. The van der Waals surface area contributed by atoms with Crippen LogP contribution in [0, 0.1) is 11.3 Å². The second-order valence-electron chi connectivity index (χ2n) is 5.05. The summed E-state index contributed by atoms with van der Waals surface area (Å²) in [6.45, 7) is 2.05. The number of aromatic amines is 1. The van der Waals surface area contributed by atoms with Crippen molar-refractivity contribution in [2.45, 2.75) is 13.3 Å². The first kappa shape index (κ1) is 15.5. The zero-order chi connectivity index (χ0) is 16.9. The van der Waals surface area contributed by atoms with Crippen molar-refractivity contribution in [3.63, 3.8) is 0 Å². The number of rotatable bonds is 5. The van der Waals surface area contributed by atoms with Gasteiger partial charge < -0.3 is 15.0 Å². The molecule has 0 bridgehead atoms. The second kappa shape index (κ2) is 6.79. The van der Waals surface area contributed by atoms with Crippen molar-refractivity contribution in [3.8, 4) is 6.07 Å². The van der Waals surface area contributed by atoms with Crippen molar-refractivity contribution in [2.24, 2.45) is 0 Å². The van der Waals surface area contributed by atoms with Crippen molar-refractivity contribution >= 4 is 28.5 Å². The molecule has 3 aromatic rings. The molecule has 0 saturated carbocycles. The van der Waals surface area contributed by atoms with Gasteiger partial charge in [0.25, 0.3) is 0 Å². The molecule has 24 heavy (non-hydrogen) atoms. The average Bonchev–Trinajstić information content (AvgIpc) is 2.99. The number of nitriles is 1. The zero-order valence-corrected chi connectivity index (χ0v) is 13.0. The molecule has 7 nitrogen and oxygen atoms in total. The van der Waals surface area contributed by atoms with E-state index in [-0.39, 0.29) is 0 Å². The minimum atomic E-state index is -0.445. The van der Waals surface area contributed by atoms with Gasteiger partial charge in [-0.25, -0.2) is 14.8 Å². The van der Waals surface area contributed by atoms with Gasteiger partial charge >= 0.3 is 5.97 Å². The number of fused-ring (bicyclic) bond motifs is 1. The molecule has 1 aromatic carbocycles. The van der Waals surface area contributed by atoms with Crippen LogP contribution in [-0.2, 0) is 11.2 Å². The molecule has 0 spiro atoms. The number of hydrogen-bond donors (Lipinski definition) is 2. The van der Waals surface area contributed by atoms with E-state index in [0.29, 0.717) is 24.5 Å². The Morgan fingerprint density at radius 3 is 2.88 bits per heavy atom. The Kier molecular flexibility index (Phi) is 4.38. The predicted octanol–water partition coefficient (Wildman–Crippen LogP) is 2.94. The minimum absolute atomic E-state index is 0.305. The highest BCUT2D eigenvalue weighted by atomic mass is 16.5. The number of hydrogen-bond acceptors (Lipinski definition) is 6. The van der Waals surface area contributed by atoms with Crippen LogP contribution in [0.4, 0.5) is 11.6 Å². The first-order valence-corrected chi connectivity index (χ1v) is 7.44. The third-order valence-electron chi connectivity index (χ3n) is 3.46. The van der Waals surface area contributed by atoms with Crippen molar-refractivity contribution in [3.05, 3.63) is 47.9 Å². The lowest BCUT2D eigenvalue weighted by Gasteiger charge is -2.06. The molecule has 2 aromatic heterocycles. The third kappa shape index (κ3) is 3.17. The monoisotopic (exact) mass is 321 g/mol. The van der Waals surface area contributed by atoms with E-state index in [1.165, 1.54) is 12.4 Å². The fourth-order valence-electron chi connectivity index (χ4n) is 2.33. The lowest BCUT2D eigenvalue weighted by molar-refractivity contribution is 0.0525. The van der Waals surface area contributed by atoms with Crippen LogP contribution < -0.4 is 5.32 Å². The summed E-state index contributed by atoms with van der Waals surface area (Å²) in [5.41, 5.74) is 3.00. The number of ether oxygens (including phenoxy) is 1. The molecule has 0 aliphatic carbocycles. The van der Waals surface area contributed by atoms with Crippen LogP contribution in [0.5, 0.6) is 0 Å². The summed E-state index contributed by atoms with van der Waals surface area (Å²) in [6.07, 6.45) is 5.02. The first-order chi connectivity index (χ1) is 11.7. The Hall–Kier alpha value is -3.40. The van der Waals surface area contributed by atoms with Crippen molar-refractivity contribution in [1.29, 1.82) is 5.26 Å². The molecular weight excluding hydrogens is 306 g/mol. The summed E-state index contributed by atoms with van der Waals surface area (Å²) >= 11 is 0. The van der Waals surface area contributed by atoms with Gasteiger partial charge in [0.15, 0.2) is 0 Å². The quantitative estimate of drug-likeness (QED) is 0.700. The number of esters is 1. The standard InChI is InChI=1S/C17H15N5O2/c1-2-24-16(23)12-9-20-17(21-10-12)22-13-3-4-15-14(7-13)11(5-6-18)8-19-15/h3-4,7-10,19H,2,5H2,1H3,(H,20,21,22). The van der Waals surface area contributed by atoms with Crippen LogP contribution in [0.3, 0.4) is 0 Å². The third-order valence-corrected chi connectivity index (χ3v) is 3.46. The SMILES string of the molecule is CCOC(=O)c1cnc(Nc2ccc3[nH]cc(CC#N)c3c2)nc1. The van der Waals surface area contributed by atoms with Crippen molar-refractivity contribution in [2.75, 3.05) is 11.9 Å². The maximum Gasteiger partial charge on any atom is 0.341 e. The predicted molar refractivity (Wildman–Crippen MR) is 88.9 cm³/mol. The Morgan fingerprint density at radius 2 is 2.17 bits per heavy atom. The van der Waals surface area contributed by atoms with Gasteiger partial charge in [-0.1, -0.05) is 0 Å². The molecule has 120 valence electrons. The summed E-state index contributed by atoms with van der Waals surface area (Å²) in [5, 5.41) is 12.9. The van der Waals surface area contributed by atoms with Crippen LogP contribution in [0.1, 0.15) is 22.8 Å². The second-order valence-corrected chi connectivity index (χ2v) is 5.05. The van der Waals surface area contributed by atoms with Gasteiger partial charge in [-0.2, -0.15) is 5.26 Å². The van der Waals surface area contributed by atoms with E-state index in [2.05, 4.69) is 26.3 Å². The summed E-state index contributed by atoms with van der Waals surface area (Å²) < 4.78 is 4.89. The van der Waals surface area contributed by atoms with Crippen LogP contribution >= 0.6 is 0 Å². The van der Waals surface area contributed by atoms with Gasteiger partial charge in [-0.3, -0.25) is 0 Å². The van der Waals surface area contributed by atoms with E-state index >= 15 is 0 Å². The molecule has 0 atom stereocenters. The molecule has 0 radical (unpaired) electrons. The van der Waals surface area contributed by atoms with Crippen LogP contribution in [0.25, 0.3) is 10.9 Å². The van der Waals surface area contributed by atoms with E-state index in [1.807, 2.05) is 24.4 Å². The van der Waals surface area contributed by atoms with E-state index in [1.54, 1.807) is 6.92 Å². The number of H-pyrrole nitrogens is 1. The summed E-state index contributed by atoms with van der Waals surface area (Å²) in [6, 6.07) is 7.89. The maximum absolute atomic E-state index is 11.6. The molecule has 0 saturated heterocycles. The Balaban J connectivity index is 1.80. The normalized spacial score (nSPS) is 10.3. The van der Waals surface area contributed by atoms with Gasteiger partial charge in [-0.15, -0.1) is 0 Å². The number of benzene rings is 1. The van der Waals surface area contributed by atoms with Gasteiger partial charge in [0, 0.05) is 35.2 Å². The Bertz CT molecular complexity index is 909. The molecule has 3 rings (SSSR count). The van der Waals surface area contributed by atoms with E-state index in [4.69, 9.17) is 10.00 Å². The maximum atomic E-state index is 11.6. The Morgan fingerprint density at radius 1 is 1.38 bits per heavy atom. The van der Waals surface area contributed by atoms with Crippen LogP contribution in [0.2, 0.25) is 0 Å². The van der Waals surface area contributed by atoms with Gasteiger partial charge in [-0.05, 0) is 30.7 Å². The highest BCUT2D eigenvalue weighted by molar-refractivity contribution is 5.89. The summed E-state index contributed by atoms with van der Waals surface area (Å²) in [4.78, 5) is 23.0. The number of nitrogens with zero attached hydrogens (tertiary/aromatic N) is 3. The smallest absolute Gasteiger partial charge is 0.341 e. The highest BCUT2D eigenvalue weighted by Gasteiger charge is 2.09. The largest absolute Gasteiger partial charge is 0.462 e. The van der Waals surface area contributed by atoms with E-state index < -0.39 is 5.97 Å². The van der Waals surface area contributed by atoms with Gasteiger partial charge in [0.05, 0.1) is 24.7 Å². The molecule has 0 fully saturated rings. The van der Waals surface area contributed by atoms with Crippen LogP contribution in [0.15, 0.2) is 36.8 Å². The highest BCUT2D eigenvalue weighted by Crippen LogP contribution is 2.24. The fourth-order valence-corrected chi connectivity index (χ4v) is 2.33. The van der Waals surface area contributed by atoms with Crippen LogP contribution in [-0.4, -0.2) is 27.5 Å². The first-order valence-electron chi connectivity index (χ1n) is 7.44. The molecular formula is C17H15N5O2. The lowest BCUT2D eigenvalue weighted by atomic mass is 10.1. The van der Waals surface area contributed by atoms with Crippen molar-refractivity contribution < 1.29 is 9.53 Å². The molecule has 7 heteroatoms. The topological polar surface area (TPSA) is 104 Å². The molecule has 0 aliphatic heterocycles. The molecule has 0 unspecified atom stereocenters. The number of nitrogens with one attached hydrogen (secondary N) is 2. The van der Waals surface area contributed by atoms with E-state index in [0.717, 1.165) is 22.2 Å². The lowest BCUT2D eigenvalue weighted by Crippen LogP contribution is -2.06. The van der Waals surface area contributed by atoms with Crippen molar-refractivity contribution in [1.82, 2.24) is 15.0 Å². The summed E-state index contributed by atoms with van der Waals surface area (Å²) in [5.74, 6) is -0.0706. The molecule has 2 N–H and O–H groups in total. The summed E-state index contributed by atoms with van der Waals surface area (Å²) in [7, 11) is 0. The number of aromatic nitrogens is 3. The van der Waals surface area contributed by atoms with E-state index in [9.17, 15) is 4.79 Å². The van der Waals surface area contributed by atoms with Gasteiger partial charge in [0.1, 0.15) is 0 Å². The minimum Gasteiger partial charge on any atom is -0.462 e. The fraction of sp³-hybridized carbons (Fsp3) is 0.176. The number of anilines is 2. The number of carbonyl (C=O) groups is 1. The molecule has 2 heterocycles. The molecule has 0 aliphatic rings. The average molecular weight is 321 g/mol. The Labute approximate surface area is 138 Å². The number of carbonyl (C=O) groups excluding carboxylic acids is 1. The van der Waals surface area contributed by atoms with Gasteiger partial charge in [0.2, 0.25) is 5.95 Å². The molecule has 0 amide bonds.